The summed E-state index contributed by atoms with van der Waals surface area (Å²) >= 11 is 5.97. The maximum Gasteiger partial charge on any atom is 0.418 e. The molecule has 0 atom stereocenters. The van der Waals surface area contributed by atoms with Crippen molar-refractivity contribution in [2.75, 3.05) is 6.61 Å². The summed E-state index contributed by atoms with van der Waals surface area (Å²) in [4.78, 5) is 12.3. The molecule has 1 aliphatic carbocycles. The van der Waals surface area contributed by atoms with E-state index < -0.39 is 28.7 Å². The minimum atomic E-state index is -4.72. The summed E-state index contributed by atoms with van der Waals surface area (Å²) in [5.41, 5.74) is -3.11. The van der Waals surface area contributed by atoms with Crippen molar-refractivity contribution in [2.45, 2.75) is 32.4 Å². The van der Waals surface area contributed by atoms with Crippen LogP contribution in [-0.2, 0) is 6.18 Å². The van der Waals surface area contributed by atoms with Crippen LogP contribution in [0, 0.1) is 18.7 Å². The highest BCUT2D eigenvalue weighted by atomic mass is 35.5. The fourth-order valence-corrected chi connectivity index (χ4v) is 2.86. The van der Waals surface area contributed by atoms with Crippen LogP contribution in [0.15, 0.2) is 23.1 Å². The lowest BCUT2D eigenvalue weighted by molar-refractivity contribution is -0.138. The van der Waals surface area contributed by atoms with Crippen LogP contribution in [0.2, 0.25) is 5.02 Å². The van der Waals surface area contributed by atoms with Crippen molar-refractivity contribution in [3.8, 4) is 11.4 Å². The second-order valence-electron chi connectivity index (χ2n) is 6.24. The van der Waals surface area contributed by atoms with Crippen molar-refractivity contribution in [1.29, 1.82) is 0 Å². The standard InChI is InChI=1S/C17H15ClF4N2O2/c1-9-11(17(20,21)22)7-23-24(16(9)25)14-6-15(12(18)5-13(14)19)26-8-10-3-2-4-10/h5-7,10H,2-4,8H2,1H3. The van der Waals surface area contributed by atoms with Crippen molar-refractivity contribution >= 4 is 11.6 Å². The molecule has 0 bridgehead atoms. The molecule has 1 aliphatic rings. The Morgan fingerprint density at radius 2 is 2.04 bits per heavy atom. The predicted octanol–water partition coefficient (Wildman–Crippen LogP) is 4.53. The number of alkyl halides is 3. The third-order valence-corrected chi connectivity index (χ3v) is 4.75. The lowest BCUT2D eigenvalue weighted by Crippen LogP contribution is -2.28. The third kappa shape index (κ3) is 3.56. The summed E-state index contributed by atoms with van der Waals surface area (Å²) in [6.07, 6.45) is -1.03. The van der Waals surface area contributed by atoms with Crippen LogP contribution < -0.4 is 10.3 Å². The lowest BCUT2D eigenvalue weighted by Gasteiger charge is -2.25. The molecule has 0 radical (unpaired) electrons. The zero-order valence-corrected chi connectivity index (χ0v) is 14.5. The predicted molar refractivity (Wildman–Crippen MR) is 87.4 cm³/mol. The highest BCUT2D eigenvalue weighted by Gasteiger charge is 2.34. The Morgan fingerprint density at radius 1 is 1.35 bits per heavy atom. The highest BCUT2D eigenvalue weighted by molar-refractivity contribution is 6.32. The van der Waals surface area contributed by atoms with E-state index in [2.05, 4.69) is 5.10 Å². The van der Waals surface area contributed by atoms with Gasteiger partial charge in [-0.25, -0.2) is 4.39 Å². The first kappa shape index (κ1) is 18.7. The number of benzene rings is 1. The maximum atomic E-state index is 14.3. The zero-order chi connectivity index (χ0) is 19.1. The Balaban J connectivity index is 2.00. The van der Waals surface area contributed by atoms with Gasteiger partial charge >= 0.3 is 6.18 Å². The Hall–Kier alpha value is -2.09. The number of hydrogen-bond donors (Lipinski definition) is 0. The molecule has 1 aromatic heterocycles. The molecular weight excluding hydrogens is 376 g/mol. The summed E-state index contributed by atoms with van der Waals surface area (Å²) in [5, 5.41) is 3.49. The van der Waals surface area contributed by atoms with Gasteiger partial charge in [0.1, 0.15) is 11.4 Å². The minimum Gasteiger partial charge on any atom is -0.492 e. The van der Waals surface area contributed by atoms with Gasteiger partial charge < -0.3 is 4.74 Å². The topological polar surface area (TPSA) is 44.1 Å². The quantitative estimate of drug-likeness (QED) is 0.720. The van der Waals surface area contributed by atoms with E-state index in [4.69, 9.17) is 16.3 Å². The van der Waals surface area contributed by atoms with Crippen molar-refractivity contribution < 1.29 is 22.3 Å². The number of rotatable bonds is 4. The molecule has 0 unspecified atom stereocenters. The van der Waals surface area contributed by atoms with E-state index in [1.54, 1.807) is 0 Å². The SMILES string of the molecule is Cc1c(C(F)(F)F)cnn(-c2cc(OCC3CCC3)c(Cl)cc2F)c1=O. The van der Waals surface area contributed by atoms with Crippen LogP contribution in [0.1, 0.15) is 30.4 Å². The van der Waals surface area contributed by atoms with E-state index in [-0.39, 0.29) is 16.5 Å². The third-order valence-electron chi connectivity index (χ3n) is 4.45. The van der Waals surface area contributed by atoms with E-state index in [9.17, 15) is 22.4 Å². The monoisotopic (exact) mass is 390 g/mol. The van der Waals surface area contributed by atoms with Gasteiger partial charge in [-0.1, -0.05) is 18.0 Å². The zero-order valence-electron chi connectivity index (χ0n) is 13.7. The van der Waals surface area contributed by atoms with Gasteiger partial charge in [0.25, 0.3) is 5.56 Å². The fourth-order valence-electron chi connectivity index (χ4n) is 2.65. The molecule has 26 heavy (non-hydrogen) atoms. The molecule has 1 saturated carbocycles. The van der Waals surface area contributed by atoms with Crippen molar-refractivity contribution in [2.24, 2.45) is 5.92 Å². The fraction of sp³-hybridized carbons (Fsp3) is 0.412. The van der Waals surface area contributed by atoms with Gasteiger partial charge in [0.2, 0.25) is 0 Å². The van der Waals surface area contributed by atoms with Gasteiger partial charge in [-0.05, 0) is 31.7 Å². The molecule has 4 nitrogen and oxygen atoms in total. The van der Waals surface area contributed by atoms with E-state index in [0.717, 1.165) is 32.3 Å². The van der Waals surface area contributed by atoms with E-state index in [1.807, 2.05) is 0 Å². The number of halogens is 5. The van der Waals surface area contributed by atoms with Crippen LogP contribution in [0.3, 0.4) is 0 Å². The molecule has 9 heteroatoms. The van der Waals surface area contributed by atoms with Gasteiger partial charge in [0.05, 0.1) is 23.4 Å². The van der Waals surface area contributed by atoms with Gasteiger partial charge in [-0.2, -0.15) is 23.0 Å². The van der Waals surface area contributed by atoms with Gasteiger partial charge in [0.15, 0.2) is 5.82 Å². The molecule has 0 amide bonds. The highest BCUT2D eigenvalue weighted by Crippen LogP contribution is 2.33. The molecule has 140 valence electrons. The maximum absolute atomic E-state index is 14.3. The van der Waals surface area contributed by atoms with Gasteiger partial charge in [-0.3, -0.25) is 4.79 Å². The number of nitrogens with zero attached hydrogens (tertiary/aromatic N) is 2. The van der Waals surface area contributed by atoms with Crippen LogP contribution in [0.25, 0.3) is 5.69 Å². The van der Waals surface area contributed by atoms with Crippen LogP contribution >= 0.6 is 11.6 Å². The van der Waals surface area contributed by atoms with Gasteiger partial charge in [0, 0.05) is 11.6 Å². The molecule has 3 rings (SSSR count). The van der Waals surface area contributed by atoms with E-state index in [0.29, 0.717) is 23.4 Å². The summed E-state index contributed by atoms with van der Waals surface area (Å²) in [6.45, 7) is 1.42. The Morgan fingerprint density at radius 3 is 2.62 bits per heavy atom. The molecule has 0 N–H and O–H groups in total. The van der Waals surface area contributed by atoms with Crippen molar-refractivity contribution in [3.05, 3.63) is 50.7 Å². The van der Waals surface area contributed by atoms with Crippen molar-refractivity contribution in [3.63, 3.8) is 0 Å². The summed E-state index contributed by atoms with van der Waals surface area (Å²) in [5.74, 6) is -0.338. The molecule has 2 aromatic rings. The Labute approximate surface area is 151 Å². The van der Waals surface area contributed by atoms with Crippen LogP contribution in [-0.4, -0.2) is 16.4 Å². The molecule has 1 fully saturated rings. The first-order chi connectivity index (χ1) is 12.2. The van der Waals surface area contributed by atoms with Crippen LogP contribution in [0.4, 0.5) is 17.6 Å². The molecule has 0 spiro atoms. The average Bonchev–Trinajstić information content (AvgIpc) is 2.49. The van der Waals surface area contributed by atoms with Gasteiger partial charge in [-0.15, -0.1) is 0 Å². The smallest absolute Gasteiger partial charge is 0.418 e. The minimum absolute atomic E-state index is 0.0160. The normalized spacial score (nSPS) is 15.0. The molecular formula is C17H15ClF4N2O2. The molecule has 1 heterocycles. The van der Waals surface area contributed by atoms with E-state index >= 15 is 0 Å². The number of hydrogen-bond acceptors (Lipinski definition) is 3. The van der Waals surface area contributed by atoms with E-state index in [1.165, 1.54) is 6.07 Å². The second kappa shape index (κ2) is 6.90. The number of aromatic nitrogens is 2. The summed E-state index contributed by atoms with van der Waals surface area (Å²) in [6, 6.07) is 2.13. The molecule has 0 aliphatic heterocycles. The summed E-state index contributed by atoms with van der Waals surface area (Å²) < 4.78 is 59.1. The molecule has 1 aromatic carbocycles. The Bertz CT molecular complexity index is 892. The summed E-state index contributed by atoms with van der Waals surface area (Å²) in [7, 11) is 0. The second-order valence-corrected chi connectivity index (χ2v) is 6.65. The first-order valence-corrected chi connectivity index (χ1v) is 8.34. The van der Waals surface area contributed by atoms with Crippen LogP contribution in [0.5, 0.6) is 5.75 Å². The molecule has 0 saturated heterocycles. The lowest BCUT2D eigenvalue weighted by atomic mass is 9.86. The van der Waals surface area contributed by atoms with Crippen molar-refractivity contribution in [1.82, 2.24) is 9.78 Å². The largest absolute Gasteiger partial charge is 0.492 e. The average molecular weight is 391 g/mol. The first-order valence-electron chi connectivity index (χ1n) is 7.97. The number of ether oxygens (including phenoxy) is 1. The Kier molecular flexibility index (Phi) is 4.96.